The molecule has 0 aromatic rings. The second-order valence-electron chi connectivity index (χ2n) is 3.43. The van der Waals surface area contributed by atoms with Gasteiger partial charge in [-0.2, -0.15) is 0 Å². The molecule has 11 heavy (non-hydrogen) atoms. The fourth-order valence-corrected chi connectivity index (χ4v) is 1.58. The molecule has 2 heteroatoms. The first-order valence-electron chi connectivity index (χ1n) is 4.27. The molecular weight excluding hydrogens is 138 g/mol. The first-order valence-corrected chi connectivity index (χ1v) is 4.27. The zero-order valence-corrected chi connectivity index (χ0v) is 7.54. The van der Waals surface area contributed by atoms with E-state index >= 15 is 0 Å². The SMILES string of the molecule is CCC1(O)CC=CN1C(C)C. The lowest BCUT2D eigenvalue weighted by Crippen LogP contribution is -2.45. The number of hydrogen-bond donors (Lipinski definition) is 1. The van der Waals surface area contributed by atoms with E-state index in [0.29, 0.717) is 6.04 Å². The van der Waals surface area contributed by atoms with Gasteiger partial charge >= 0.3 is 0 Å². The van der Waals surface area contributed by atoms with Crippen LogP contribution in [0.15, 0.2) is 12.3 Å². The molecule has 1 unspecified atom stereocenters. The lowest BCUT2D eigenvalue weighted by atomic mass is 10.1. The summed E-state index contributed by atoms with van der Waals surface area (Å²) in [4.78, 5) is 2.02. The van der Waals surface area contributed by atoms with E-state index < -0.39 is 5.72 Å². The van der Waals surface area contributed by atoms with Crippen molar-refractivity contribution in [1.82, 2.24) is 4.90 Å². The Balaban J connectivity index is 2.70. The molecule has 0 fully saturated rings. The Kier molecular flexibility index (Phi) is 2.23. The van der Waals surface area contributed by atoms with Gasteiger partial charge in [0.2, 0.25) is 0 Å². The largest absolute Gasteiger partial charge is 0.371 e. The molecule has 1 atom stereocenters. The van der Waals surface area contributed by atoms with Gasteiger partial charge in [0, 0.05) is 12.5 Å². The van der Waals surface area contributed by atoms with Gasteiger partial charge in [-0.05, 0) is 26.5 Å². The Hall–Kier alpha value is -0.500. The van der Waals surface area contributed by atoms with Crippen LogP contribution in [0.1, 0.15) is 33.6 Å². The smallest absolute Gasteiger partial charge is 0.140 e. The van der Waals surface area contributed by atoms with Crippen LogP contribution in [0, 0.1) is 0 Å². The minimum Gasteiger partial charge on any atom is -0.371 e. The van der Waals surface area contributed by atoms with E-state index in [2.05, 4.69) is 13.8 Å². The third-order valence-electron chi connectivity index (χ3n) is 2.31. The molecule has 0 radical (unpaired) electrons. The molecule has 0 amide bonds. The van der Waals surface area contributed by atoms with Crippen molar-refractivity contribution < 1.29 is 5.11 Å². The number of hydrogen-bond acceptors (Lipinski definition) is 2. The maximum atomic E-state index is 9.99. The fraction of sp³-hybridized carbons (Fsp3) is 0.778. The predicted octanol–water partition coefficient (Wildman–Crippen LogP) is 1.71. The van der Waals surface area contributed by atoms with Gasteiger partial charge in [-0.3, -0.25) is 0 Å². The van der Waals surface area contributed by atoms with Crippen LogP contribution >= 0.6 is 0 Å². The number of rotatable bonds is 2. The summed E-state index contributed by atoms with van der Waals surface area (Å²) in [6.07, 6.45) is 5.58. The monoisotopic (exact) mass is 155 g/mol. The van der Waals surface area contributed by atoms with E-state index in [0.717, 1.165) is 12.8 Å². The Morgan fingerprint density at radius 3 is 2.64 bits per heavy atom. The first-order chi connectivity index (χ1) is 5.10. The number of aliphatic hydroxyl groups is 1. The highest BCUT2D eigenvalue weighted by molar-refractivity contribution is 5.03. The Morgan fingerprint density at radius 1 is 1.64 bits per heavy atom. The van der Waals surface area contributed by atoms with Crippen molar-refractivity contribution >= 4 is 0 Å². The van der Waals surface area contributed by atoms with Crippen molar-refractivity contribution in [2.45, 2.75) is 45.4 Å². The van der Waals surface area contributed by atoms with Crippen LogP contribution < -0.4 is 0 Å². The van der Waals surface area contributed by atoms with Crippen LogP contribution in [-0.2, 0) is 0 Å². The molecule has 64 valence electrons. The second-order valence-corrected chi connectivity index (χ2v) is 3.43. The summed E-state index contributed by atoms with van der Waals surface area (Å²) in [5.41, 5.74) is -0.603. The van der Waals surface area contributed by atoms with Crippen LogP contribution in [0.5, 0.6) is 0 Å². The van der Waals surface area contributed by atoms with Crippen LogP contribution in [0.4, 0.5) is 0 Å². The summed E-state index contributed by atoms with van der Waals surface area (Å²) in [5, 5.41) is 9.99. The molecule has 0 spiro atoms. The van der Waals surface area contributed by atoms with E-state index in [1.165, 1.54) is 0 Å². The van der Waals surface area contributed by atoms with Gasteiger partial charge in [-0.1, -0.05) is 13.0 Å². The average Bonchev–Trinajstić information content (AvgIpc) is 2.32. The topological polar surface area (TPSA) is 23.5 Å². The number of nitrogens with zero attached hydrogens (tertiary/aromatic N) is 1. The molecule has 2 nitrogen and oxygen atoms in total. The third-order valence-corrected chi connectivity index (χ3v) is 2.31. The Morgan fingerprint density at radius 2 is 2.27 bits per heavy atom. The van der Waals surface area contributed by atoms with Crippen molar-refractivity contribution in [1.29, 1.82) is 0 Å². The van der Waals surface area contributed by atoms with Crippen molar-refractivity contribution in [3.05, 3.63) is 12.3 Å². The zero-order valence-electron chi connectivity index (χ0n) is 7.54. The molecule has 0 aliphatic carbocycles. The van der Waals surface area contributed by atoms with E-state index in [4.69, 9.17) is 0 Å². The van der Waals surface area contributed by atoms with E-state index in [-0.39, 0.29) is 0 Å². The van der Waals surface area contributed by atoms with Crippen molar-refractivity contribution in [2.24, 2.45) is 0 Å². The van der Waals surface area contributed by atoms with Gasteiger partial charge in [0.1, 0.15) is 5.72 Å². The minimum atomic E-state index is -0.603. The molecule has 1 aliphatic rings. The molecule has 0 saturated carbocycles. The summed E-state index contributed by atoms with van der Waals surface area (Å²) in [7, 11) is 0. The van der Waals surface area contributed by atoms with Crippen molar-refractivity contribution in [3.63, 3.8) is 0 Å². The molecule has 1 rings (SSSR count). The second kappa shape index (κ2) is 2.86. The zero-order chi connectivity index (χ0) is 8.48. The summed E-state index contributed by atoms with van der Waals surface area (Å²) in [5.74, 6) is 0. The van der Waals surface area contributed by atoms with Crippen LogP contribution in [0.2, 0.25) is 0 Å². The normalized spacial score (nSPS) is 30.5. The highest BCUT2D eigenvalue weighted by Gasteiger charge is 2.34. The lowest BCUT2D eigenvalue weighted by molar-refractivity contribution is -0.0850. The summed E-state index contributed by atoms with van der Waals surface area (Å²) < 4.78 is 0. The van der Waals surface area contributed by atoms with Gasteiger partial charge in [0.15, 0.2) is 0 Å². The third kappa shape index (κ3) is 1.41. The standard InChI is InChI=1S/C9H17NO/c1-4-9(11)6-5-7-10(9)8(2)3/h5,7-8,11H,4,6H2,1-3H3. The summed E-state index contributed by atoms with van der Waals surface area (Å²) >= 11 is 0. The first kappa shape index (κ1) is 8.60. The van der Waals surface area contributed by atoms with E-state index in [9.17, 15) is 5.11 Å². The molecule has 0 aromatic heterocycles. The van der Waals surface area contributed by atoms with E-state index in [1.54, 1.807) is 0 Å². The quantitative estimate of drug-likeness (QED) is 0.656. The van der Waals surface area contributed by atoms with Gasteiger partial charge in [-0.15, -0.1) is 0 Å². The molecular formula is C9H17NO. The average molecular weight is 155 g/mol. The predicted molar refractivity (Wildman–Crippen MR) is 46.0 cm³/mol. The highest BCUT2D eigenvalue weighted by Crippen LogP contribution is 2.29. The van der Waals surface area contributed by atoms with Crippen LogP contribution in [0.3, 0.4) is 0 Å². The molecule has 0 bridgehead atoms. The minimum absolute atomic E-state index is 0.388. The molecule has 0 saturated heterocycles. The van der Waals surface area contributed by atoms with Gasteiger partial charge < -0.3 is 10.0 Å². The fourth-order valence-electron chi connectivity index (χ4n) is 1.58. The van der Waals surface area contributed by atoms with Crippen LogP contribution in [-0.4, -0.2) is 21.8 Å². The van der Waals surface area contributed by atoms with Crippen LogP contribution in [0.25, 0.3) is 0 Å². The van der Waals surface area contributed by atoms with Crippen molar-refractivity contribution in [2.75, 3.05) is 0 Å². The molecule has 1 N–H and O–H groups in total. The Bertz CT molecular complexity index is 165. The van der Waals surface area contributed by atoms with Gasteiger partial charge in [-0.25, -0.2) is 0 Å². The maximum Gasteiger partial charge on any atom is 0.140 e. The summed E-state index contributed by atoms with van der Waals surface area (Å²) in [6.45, 7) is 6.20. The van der Waals surface area contributed by atoms with E-state index in [1.807, 2.05) is 24.1 Å². The molecule has 0 aromatic carbocycles. The summed E-state index contributed by atoms with van der Waals surface area (Å²) in [6, 6.07) is 0.388. The molecule has 1 aliphatic heterocycles. The molecule has 1 heterocycles. The highest BCUT2D eigenvalue weighted by atomic mass is 16.3. The maximum absolute atomic E-state index is 9.99. The van der Waals surface area contributed by atoms with Crippen molar-refractivity contribution in [3.8, 4) is 0 Å². The van der Waals surface area contributed by atoms with Gasteiger partial charge in [0.25, 0.3) is 0 Å². The lowest BCUT2D eigenvalue weighted by Gasteiger charge is -2.37. The van der Waals surface area contributed by atoms with Gasteiger partial charge in [0.05, 0.1) is 0 Å². The Labute approximate surface area is 68.5 Å².